The fourth-order valence-corrected chi connectivity index (χ4v) is 2.45. The molecular weight excluding hydrogens is 262 g/mol. The highest BCUT2D eigenvalue weighted by atomic mass is 16.2. The lowest BCUT2D eigenvalue weighted by molar-refractivity contribution is 0.143. The van der Waals surface area contributed by atoms with Gasteiger partial charge < -0.3 is 10.2 Å². The summed E-state index contributed by atoms with van der Waals surface area (Å²) in [6, 6.07) is 7.94. The number of hydrogen-bond acceptors (Lipinski definition) is 2. The van der Waals surface area contributed by atoms with Gasteiger partial charge in [0.2, 0.25) is 0 Å². The van der Waals surface area contributed by atoms with E-state index in [1.54, 1.807) is 0 Å². The molecule has 0 aliphatic carbocycles. The lowest BCUT2D eigenvalue weighted by Crippen LogP contribution is -2.50. The SMILES string of the molecule is Cc1ccc(NC(=O)N2CCN(CCC(C)C)CC2)cc1. The summed E-state index contributed by atoms with van der Waals surface area (Å²) in [5.41, 5.74) is 2.07. The Bertz CT molecular complexity index is 448. The number of aryl methyl sites for hydroxylation is 1. The zero-order valence-electron chi connectivity index (χ0n) is 13.4. The molecule has 2 amide bonds. The highest BCUT2D eigenvalue weighted by Crippen LogP contribution is 2.11. The fraction of sp³-hybridized carbons (Fsp3) is 0.588. The lowest BCUT2D eigenvalue weighted by Gasteiger charge is -2.35. The van der Waals surface area contributed by atoms with Gasteiger partial charge in [0.25, 0.3) is 0 Å². The van der Waals surface area contributed by atoms with Crippen LogP contribution >= 0.6 is 0 Å². The molecule has 4 nitrogen and oxygen atoms in total. The van der Waals surface area contributed by atoms with Crippen molar-refractivity contribution in [3.63, 3.8) is 0 Å². The first kappa shape index (κ1) is 15.8. The zero-order valence-corrected chi connectivity index (χ0v) is 13.4. The molecule has 0 saturated carbocycles. The van der Waals surface area contributed by atoms with Crippen LogP contribution in [0.1, 0.15) is 25.8 Å². The molecule has 0 spiro atoms. The number of benzene rings is 1. The number of carbonyl (C=O) groups excluding carboxylic acids is 1. The van der Waals surface area contributed by atoms with Crippen LogP contribution in [0.4, 0.5) is 10.5 Å². The molecule has 21 heavy (non-hydrogen) atoms. The van der Waals surface area contributed by atoms with Crippen molar-refractivity contribution in [2.45, 2.75) is 27.2 Å². The predicted molar refractivity (Wildman–Crippen MR) is 87.7 cm³/mol. The van der Waals surface area contributed by atoms with E-state index in [9.17, 15) is 4.79 Å². The molecule has 0 radical (unpaired) electrons. The Hall–Kier alpha value is -1.55. The number of urea groups is 1. The van der Waals surface area contributed by atoms with Crippen LogP contribution in [-0.4, -0.2) is 48.6 Å². The standard InChI is InChI=1S/C17H27N3O/c1-14(2)8-9-19-10-12-20(13-11-19)17(21)18-16-6-4-15(3)5-7-16/h4-7,14H,8-13H2,1-3H3,(H,18,21). The molecule has 0 aromatic heterocycles. The number of anilines is 1. The summed E-state index contributed by atoms with van der Waals surface area (Å²) in [4.78, 5) is 16.6. The highest BCUT2D eigenvalue weighted by molar-refractivity contribution is 5.89. The van der Waals surface area contributed by atoms with Crippen LogP contribution in [-0.2, 0) is 0 Å². The molecular formula is C17H27N3O. The molecule has 1 fully saturated rings. The van der Waals surface area contributed by atoms with Crippen LogP contribution in [0, 0.1) is 12.8 Å². The zero-order chi connectivity index (χ0) is 15.2. The Labute approximate surface area is 128 Å². The van der Waals surface area contributed by atoms with Crippen LogP contribution < -0.4 is 5.32 Å². The van der Waals surface area contributed by atoms with E-state index >= 15 is 0 Å². The molecule has 0 unspecified atom stereocenters. The summed E-state index contributed by atoms with van der Waals surface area (Å²) in [6.45, 7) is 11.3. The molecule has 1 aromatic carbocycles. The number of hydrogen-bond donors (Lipinski definition) is 1. The smallest absolute Gasteiger partial charge is 0.321 e. The second kappa shape index (κ2) is 7.46. The predicted octanol–water partition coefficient (Wildman–Crippen LogP) is 3.19. The van der Waals surface area contributed by atoms with Crippen molar-refractivity contribution in [1.29, 1.82) is 0 Å². The summed E-state index contributed by atoms with van der Waals surface area (Å²) < 4.78 is 0. The van der Waals surface area contributed by atoms with Gasteiger partial charge in [-0.25, -0.2) is 4.79 Å². The Morgan fingerprint density at radius 1 is 1.14 bits per heavy atom. The monoisotopic (exact) mass is 289 g/mol. The van der Waals surface area contributed by atoms with Gasteiger partial charge in [0, 0.05) is 31.9 Å². The van der Waals surface area contributed by atoms with Crippen molar-refractivity contribution in [2.24, 2.45) is 5.92 Å². The fourth-order valence-electron chi connectivity index (χ4n) is 2.45. The minimum Gasteiger partial charge on any atom is -0.322 e. The molecule has 1 aliphatic heterocycles. The van der Waals surface area contributed by atoms with Crippen LogP contribution in [0.3, 0.4) is 0 Å². The Morgan fingerprint density at radius 3 is 2.33 bits per heavy atom. The Morgan fingerprint density at radius 2 is 1.76 bits per heavy atom. The second-order valence-corrected chi connectivity index (χ2v) is 6.31. The molecule has 0 atom stereocenters. The lowest BCUT2D eigenvalue weighted by atomic mass is 10.1. The van der Waals surface area contributed by atoms with Crippen LogP contribution in [0.25, 0.3) is 0 Å². The summed E-state index contributed by atoms with van der Waals surface area (Å²) in [5.74, 6) is 0.743. The van der Waals surface area contributed by atoms with Gasteiger partial charge in [-0.1, -0.05) is 31.5 Å². The van der Waals surface area contributed by atoms with E-state index in [1.807, 2.05) is 36.1 Å². The maximum atomic E-state index is 12.2. The largest absolute Gasteiger partial charge is 0.322 e. The van der Waals surface area contributed by atoms with Gasteiger partial charge in [0.05, 0.1) is 0 Å². The number of carbonyl (C=O) groups is 1. The highest BCUT2D eigenvalue weighted by Gasteiger charge is 2.20. The van der Waals surface area contributed by atoms with E-state index in [0.717, 1.165) is 44.3 Å². The molecule has 0 bridgehead atoms. The van der Waals surface area contributed by atoms with Crippen molar-refractivity contribution >= 4 is 11.7 Å². The number of nitrogens with zero attached hydrogens (tertiary/aromatic N) is 2. The first-order chi connectivity index (χ1) is 10.0. The van der Waals surface area contributed by atoms with Crippen LogP contribution in [0.5, 0.6) is 0 Å². The maximum absolute atomic E-state index is 12.2. The minimum absolute atomic E-state index is 0.0161. The van der Waals surface area contributed by atoms with Crippen molar-refractivity contribution in [1.82, 2.24) is 9.80 Å². The van der Waals surface area contributed by atoms with E-state index in [1.165, 1.54) is 12.0 Å². The van der Waals surface area contributed by atoms with Crippen molar-refractivity contribution < 1.29 is 4.79 Å². The van der Waals surface area contributed by atoms with E-state index in [0.29, 0.717) is 0 Å². The van der Waals surface area contributed by atoms with Crippen molar-refractivity contribution in [3.8, 4) is 0 Å². The average molecular weight is 289 g/mol. The number of nitrogens with one attached hydrogen (secondary N) is 1. The van der Waals surface area contributed by atoms with E-state index in [4.69, 9.17) is 0 Å². The van der Waals surface area contributed by atoms with E-state index < -0.39 is 0 Å². The van der Waals surface area contributed by atoms with Gasteiger partial charge in [-0.15, -0.1) is 0 Å². The molecule has 1 N–H and O–H groups in total. The molecule has 116 valence electrons. The number of piperazine rings is 1. The van der Waals surface area contributed by atoms with Gasteiger partial charge in [-0.2, -0.15) is 0 Å². The first-order valence-electron chi connectivity index (χ1n) is 7.89. The normalized spacial score (nSPS) is 16.3. The number of amides is 2. The maximum Gasteiger partial charge on any atom is 0.321 e. The Balaban J connectivity index is 1.76. The van der Waals surface area contributed by atoms with Crippen molar-refractivity contribution in [2.75, 3.05) is 38.0 Å². The third-order valence-electron chi connectivity index (χ3n) is 3.99. The quantitative estimate of drug-likeness (QED) is 0.924. The topological polar surface area (TPSA) is 35.6 Å². The van der Waals surface area contributed by atoms with Crippen LogP contribution in [0.15, 0.2) is 24.3 Å². The van der Waals surface area contributed by atoms with Crippen molar-refractivity contribution in [3.05, 3.63) is 29.8 Å². The van der Waals surface area contributed by atoms with Gasteiger partial charge in [0.1, 0.15) is 0 Å². The molecule has 1 heterocycles. The van der Waals surface area contributed by atoms with Crippen LogP contribution in [0.2, 0.25) is 0 Å². The summed E-state index contributed by atoms with van der Waals surface area (Å²) in [5, 5.41) is 2.97. The second-order valence-electron chi connectivity index (χ2n) is 6.31. The van der Waals surface area contributed by atoms with Gasteiger partial charge >= 0.3 is 6.03 Å². The van der Waals surface area contributed by atoms with E-state index in [2.05, 4.69) is 24.1 Å². The summed E-state index contributed by atoms with van der Waals surface area (Å²) >= 11 is 0. The summed E-state index contributed by atoms with van der Waals surface area (Å²) in [7, 11) is 0. The summed E-state index contributed by atoms with van der Waals surface area (Å²) in [6.07, 6.45) is 1.23. The molecule has 1 saturated heterocycles. The Kier molecular flexibility index (Phi) is 5.62. The molecule has 2 rings (SSSR count). The van der Waals surface area contributed by atoms with E-state index in [-0.39, 0.29) is 6.03 Å². The number of rotatable bonds is 4. The average Bonchev–Trinajstić information content (AvgIpc) is 2.48. The third-order valence-corrected chi connectivity index (χ3v) is 3.99. The minimum atomic E-state index is 0.0161. The van der Waals surface area contributed by atoms with Gasteiger partial charge in [0.15, 0.2) is 0 Å². The first-order valence-corrected chi connectivity index (χ1v) is 7.89. The third kappa shape index (κ3) is 5.05. The van der Waals surface area contributed by atoms with Gasteiger partial charge in [-0.3, -0.25) is 4.90 Å². The molecule has 1 aliphatic rings. The molecule has 1 aromatic rings. The molecule has 4 heteroatoms. The van der Waals surface area contributed by atoms with Gasteiger partial charge in [-0.05, 0) is 37.9 Å².